The first kappa shape index (κ1) is 14.6. The molecule has 0 amide bonds. The number of alkyl halides is 2. The molecule has 1 aromatic carbocycles. The van der Waals surface area contributed by atoms with Gasteiger partial charge in [0.05, 0.1) is 11.4 Å². The number of rotatable bonds is 5. The Kier molecular flexibility index (Phi) is 4.44. The second-order valence-electron chi connectivity index (χ2n) is 4.29. The van der Waals surface area contributed by atoms with E-state index in [9.17, 15) is 8.78 Å². The molecular weight excluding hydrogens is 288 g/mol. The van der Waals surface area contributed by atoms with Crippen LogP contribution in [0.4, 0.5) is 14.5 Å². The van der Waals surface area contributed by atoms with E-state index in [0.717, 1.165) is 11.4 Å². The Morgan fingerprint density at radius 2 is 2.20 bits per heavy atom. The van der Waals surface area contributed by atoms with Crippen LogP contribution in [0.15, 0.2) is 24.4 Å². The Labute approximate surface area is 120 Å². The van der Waals surface area contributed by atoms with Crippen LogP contribution in [0.5, 0.6) is 5.75 Å². The summed E-state index contributed by atoms with van der Waals surface area (Å²) in [6.45, 7) is -0.693. The number of aryl methyl sites for hydroxylation is 2. The van der Waals surface area contributed by atoms with E-state index in [0.29, 0.717) is 17.1 Å². The molecule has 0 spiro atoms. The van der Waals surface area contributed by atoms with E-state index in [4.69, 9.17) is 11.6 Å². The van der Waals surface area contributed by atoms with Crippen molar-refractivity contribution in [1.82, 2.24) is 9.78 Å². The minimum absolute atomic E-state index is 0.110. The van der Waals surface area contributed by atoms with Gasteiger partial charge in [0.25, 0.3) is 0 Å². The number of hydrogen-bond acceptors (Lipinski definition) is 3. The second-order valence-corrected chi connectivity index (χ2v) is 4.72. The van der Waals surface area contributed by atoms with Crippen LogP contribution in [-0.2, 0) is 13.6 Å². The van der Waals surface area contributed by atoms with Crippen molar-refractivity contribution in [3.05, 3.63) is 40.7 Å². The molecule has 2 aromatic rings. The number of hydrogen-bond donors (Lipinski definition) is 1. The molecule has 0 saturated heterocycles. The van der Waals surface area contributed by atoms with Crippen molar-refractivity contribution in [2.45, 2.75) is 20.1 Å². The van der Waals surface area contributed by atoms with Gasteiger partial charge in [-0.2, -0.15) is 13.9 Å². The maximum atomic E-state index is 12.3. The summed E-state index contributed by atoms with van der Waals surface area (Å²) in [7, 11) is 1.81. The van der Waals surface area contributed by atoms with E-state index in [1.807, 2.05) is 20.2 Å². The molecule has 0 radical (unpaired) electrons. The molecule has 0 unspecified atom stereocenters. The highest BCUT2D eigenvalue weighted by Gasteiger charge is 2.11. The lowest BCUT2D eigenvalue weighted by Crippen LogP contribution is -2.07. The molecule has 0 fully saturated rings. The van der Waals surface area contributed by atoms with Crippen molar-refractivity contribution < 1.29 is 13.5 Å². The second kappa shape index (κ2) is 6.09. The topological polar surface area (TPSA) is 39.1 Å². The lowest BCUT2D eigenvalue weighted by molar-refractivity contribution is -0.0504. The number of benzene rings is 1. The van der Waals surface area contributed by atoms with E-state index < -0.39 is 6.61 Å². The number of ether oxygens (including phenoxy) is 1. The molecule has 0 aliphatic rings. The minimum atomic E-state index is -2.87. The average molecular weight is 302 g/mol. The van der Waals surface area contributed by atoms with Gasteiger partial charge in [-0.3, -0.25) is 4.68 Å². The first-order valence-corrected chi connectivity index (χ1v) is 6.31. The molecule has 4 nitrogen and oxygen atoms in total. The smallest absolute Gasteiger partial charge is 0.387 e. The van der Waals surface area contributed by atoms with Crippen LogP contribution < -0.4 is 10.1 Å². The molecule has 1 N–H and O–H groups in total. The molecule has 1 aromatic heterocycles. The van der Waals surface area contributed by atoms with Gasteiger partial charge in [0.2, 0.25) is 0 Å². The number of aromatic nitrogens is 2. The summed E-state index contributed by atoms with van der Waals surface area (Å²) in [5.74, 6) is 0.110. The Balaban J connectivity index is 2.15. The highest BCUT2D eigenvalue weighted by molar-refractivity contribution is 6.30. The fourth-order valence-electron chi connectivity index (χ4n) is 1.86. The summed E-state index contributed by atoms with van der Waals surface area (Å²) < 4.78 is 30.8. The lowest BCUT2D eigenvalue weighted by Gasteiger charge is -2.12. The molecule has 20 heavy (non-hydrogen) atoms. The van der Waals surface area contributed by atoms with Crippen LogP contribution in [0.1, 0.15) is 11.3 Å². The quantitative estimate of drug-likeness (QED) is 0.917. The first-order valence-electron chi connectivity index (χ1n) is 5.93. The Morgan fingerprint density at radius 1 is 1.45 bits per heavy atom. The van der Waals surface area contributed by atoms with Crippen LogP contribution in [-0.4, -0.2) is 16.4 Å². The largest absolute Gasteiger partial charge is 0.434 e. The summed E-state index contributed by atoms with van der Waals surface area (Å²) in [4.78, 5) is 0. The molecular formula is C13H14ClF2N3O. The monoisotopic (exact) mass is 301 g/mol. The van der Waals surface area contributed by atoms with Gasteiger partial charge < -0.3 is 10.1 Å². The fraction of sp³-hybridized carbons (Fsp3) is 0.308. The zero-order valence-electron chi connectivity index (χ0n) is 11.0. The lowest BCUT2D eigenvalue weighted by atomic mass is 10.2. The molecule has 0 aliphatic carbocycles. The van der Waals surface area contributed by atoms with Gasteiger partial charge in [0, 0.05) is 30.4 Å². The summed E-state index contributed by atoms with van der Waals surface area (Å²) in [6.07, 6.45) is 1.81. The normalized spacial score (nSPS) is 10.9. The van der Waals surface area contributed by atoms with Gasteiger partial charge in [-0.15, -0.1) is 0 Å². The third-order valence-electron chi connectivity index (χ3n) is 2.72. The highest BCUT2D eigenvalue weighted by atomic mass is 35.5. The summed E-state index contributed by atoms with van der Waals surface area (Å²) >= 11 is 5.88. The summed E-state index contributed by atoms with van der Waals surface area (Å²) in [5.41, 5.74) is 2.21. The SMILES string of the molecule is Cc1nn(C)cc1NCc1cc(Cl)ccc1OC(F)F. The number of nitrogens with one attached hydrogen (secondary N) is 1. The predicted octanol–water partition coefficient (Wildman–Crippen LogP) is 3.60. The fourth-order valence-corrected chi connectivity index (χ4v) is 2.06. The van der Waals surface area contributed by atoms with Gasteiger partial charge in [0.15, 0.2) is 0 Å². The van der Waals surface area contributed by atoms with Crippen LogP contribution in [0.2, 0.25) is 5.02 Å². The standard InChI is InChI=1S/C13H14ClF2N3O/c1-8-11(7-19(2)18-8)17-6-9-5-10(14)3-4-12(9)20-13(15)16/h3-5,7,13,17H,6H2,1-2H3. The number of anilines is 1. The van der Waals surface area contributed by atoms with Crippen molar-refractivity contribution in [3.8, 4) is 5.75 Å². The van der Waals surface area contributed by atoms with Crippen molar-refractivity contribution >= 4 is 17.3 Å². The molecule has 0 atom stereocenters. The van der Waals surface area contributed by atoms with E-state index in [-0.39, 0.29) is 5.75 Å². The van der Waals surface area contributed by atoms with E-state index >= 15 is 0 Å². The van der Waals surface area contributed by atoms with E-state index in [1.54, 1.807) is 10.7 Å². The highest BCUT2D eigenvalue weighted by Crippen LogP contribution is 2.25. The van der Waals surface area contributed by atoms with Crippen LogP contribution in [0, 0.1) is 6.92 Å². The van der Waals surface area contributed by atoms with Crippen molar-refractivity contribution in [1.29, 1.82) is 0 Å². The third kappa shape index (κ3) is 3.60. The van der Waals surface area contributed by atoms with Crippen molar-refractivity contribution in [3.63, 3.8) is 0 Å². The molecule has 0 bridgehead atoms. The number of halogens is 3. The van der Waals surface area contributed by atoms with Gasteiger partial charge in [-0.1, -0.05) is 11.6 Å². The zero-order valence-corrected chi connectivity index (χ0v) is 11.8. The molecule has 0 saturated carbocycles. The summed E-state index contributed by atoms with van der Waals surface area (Å²) in [5, 5.41) is 7.78. The van der Waals surface area contributed by atoms with Gasteiger partial charge in [-0.25, -0.2) is 0 Å². The average Bonchev–Trinajstić information content (AvgIpc) is 2.67. The molecule has 2 rings (SSSR count). The maximum Gasteiger partial charge on any atom is 0.387 e. The van der Waals surface area contributed by atoms with Gasteiger partial charge >= 0.3 is 6.61 Å². The third-order valence-corrected chi connectivity index (χ3v) is 2.96. The molecule has 108 valence electrons. The Bertz CT molecular complexity index is 601. The Morgan fingerprint density at radius 3 is 2.80 bits per heavy atom. The van der Waals surface area contributed by atoms with Gasteiger partial charge in [0.1, 0.15) is 5.75 Å². The van der Waals surface area contributed by atoms with Crippen LogP contribution in [0.25, 0.3) is 0 Å². The Hall–Kier alpha value is -1.82. The first-order chi connectivity index (χ1) is 9.45. The van der Waals surface area contributed by atoms with Crippen LogP contribution >= 0.6 is 11.6 Å². The minimum Gasteiger partial charge on any atom is -0.434 e. The van der Waals surface area contributed by atoms with E-state index in [1.165, 1.54) is 12.1 Å². The molecule has 0 aliphatic heterocycles. The van der Waals surface area contributed by atoms with Gasteiger partial charge in [-0.05, 0) is 25.1 Å². The zero-order chi connectivity index (χ0) is 14.7. The van der Waals surface area contributed by atoms with Crippen LogP contribution in [0.3, 0.4) is 0 Å². The van der Waals surface area contributed by atoms with E-state index in [2.05, 4.69) is 15.2 Å². The van der Waals surface area contributed by atoms with Crippen molar-refractivity contribution in [2.75, 3.05) is 5.32 Å². The summed E-state index contributed by atoms with van der Waals surface area (Å²) in [6, 6.07) is 4.54. The van der Waals surface area contributed by atoms with Crippen molar-refractivity contribution in [2.24, 2.45) is 7.05 Å². The predicted molar refractivity (Wildman–Crippen MR) is 73.4 cm³/mol. The molecule has 1 heterocycles. The molecule has 7 heteroatoms. The number of nitrogens with zero attached hydrogens (tertiary/aromatic N) is 2. The maximum absolute atomic E-state index is 12.3.